The van der Waals surface area contributed by atoms with Crippen molar-refractivity contribution >= 4 is 40.6 Å². The van der Waals surface area contributed by atoms with Crippen LogP contribution in [0.15, 0.2) is 183 Å². The highest BCUT2D eigenvalue weighted by molar-refractivity contribution is 8.05. The predicted octanol–water partition coefficient (Wildman–Crippen LogP) is 13.5. The van der Waals surface area contributed by atoms with Gasteiger partial charge in [0.2, 0.25) is 0 Å². The third-order valence-electron chi connectivity index (χ3n) is 9.61. The highest BCUT2D eigenvalue weighted by Gasteiger charge is 2.35. The summed E-state index contributed by atoms with van der Waals surface area (Å²) in [5.74, 6) is 1.87. The molecule has 0 amide bonds. The van der Waals surface area contributed by atoms with E-state index in [9.17, 15) is 0 Å². The molecule has 9 rings (SSSR count). The largest absolute Gasteiger partial charge is 0.456 e. The number of rotatable bonds is 5. The van der Waals surface area contributed by atoms with Crippen LogP contribution in [0.5, 0.6) is 11.5 Å². The second-order valence-corrected chi connectivity index (χ2v) is 15.1. The van der Waals surface area contributed by atoms with E-state index < -0.39 is 0 Å². The maximum absolute atomic E-state index is 6.60. The molecule has 0 bridgehead atoms. The first kappa shape index (κ1) is 29.9. The SMILES string of the molecule is CC1(C)c2ccccc2Oc2c(-c3ccc(N(c4ccccc4)c4ccc(-c5cccc6c5Sc5ccccc5S6)cc4)cc3)cccc21. The number of anilines is 3. The Morgan fingerprint density at radius 2 is 0.980 bits per heavy atom. The number of benzene rings is 7. The van der Waals surface area contributed by atoms with Crippen LogP contribution in [0.25, 0.3) is 22.3 Å². The van der Waals surface area contributed by atoms with Gasteiger partial charge in [0.1, 0.15) is 11.5 Å². The Morgan fingerprint density at radius 1 is 0.449 bits per heavy atom. The fourth-order valence-electron chi connectivity index (χ4n) is 7.07. The molecule has 4 heteroatoms. The fourth-order valence-corrected chi connectivity index (χ4v) is 9.47. The number of nitrogens with zero attached hydrogens (tertiary/aromatic N) is 1. The van der Waals surface area contributed by atoms with Gasteiger partial charge < -0.3 is 9.64 Å². The first-order valence-corrected chi connectivity index (χ1v) is 18.2. The summed E-state index contributed by atoms with van der Waals surface area (Å²) < 4.78 is 6.60. The van der Waals surface area contributed by atoms with Crippen molar-refractivity contribution in [3.05, 3.63) is 175 Å². The van der Waals surface area contributed by atoms with Crippen LogP contribution in [0.1, 0.15) is 25.0 Å². The Hall–Kier alpha value is -5.16. The van der Waals surface area contributed by atoms with Gasteiger partial charge >= 0.3 is 0 Å². The average molecular weight is 668 g/mol. The highest BCUT2D eigenvalue weighted by atomic mass is 32.2. The van der Waals surface area contributed by atoms with Crippen LogP contribution in [0, 0.1) is 0 Å². The molecule has 236 valence electrons. The van der Waals surface area contributed by atoms with Gasteiger partial charge in [-0.3, -0.25) is 0 Å². The van der Waals surface area contributed by atoms with Crippen LogP contribution in [-0.4, -0.2) is 0 Å². The van der Waals surface area contributed by atoms with Crippen molar-refractivity contribution in [2.45, 2.75) is 38.8 Å². The number of fused-ring (bicyclic) bond motifs is 4. The minimum absolute atomic E-state index is 0.155. The molecular formula is C45H33NOS2. The van der Waals surface area contributed by atoms with Crippen LogP contribution < -0.4 is 9.64 Å². The van der Waals surface area contributed by atoms with Gasteiger partial charge in [-0.1, -0.05) is 140 Å². The van der Waals surface area contributed by atoms with Gasteiger partial charge in [-0.15, -0.1) is 0 Å². The van der Waals surface area contributed by atoms with Crippen LogP contribution in [-0.2, 0) is 5.41 Å². The molecule has 0 N–H and O–H groups in total. The smallest absolute Gasteiger partial charge is 0.139 e. The predicted molar refractivity (Wildman–Crippen MR) is 205 cm³/mol. The fraction of sp³-hybridized carbons (Fsp3) is 0.0667. The zero-order chi connectivity index (χ0) is 33.0. The summed E-state index contributed by atoms with van der Waals surface area (Å²) in [6, 6.07) is 58.7. The molecule has 0 unspecified atom stereocenters. The molecule has 0 radical (unpaired) electrons. The van der Waals surface area contributed by atoms with Crippen LogP contribution in [0.3, 0.4) is 0 Å². The van der Waals surface area contributed by atoms with E-state index in [4.69, 9.17) is 4.74 Å². The van der Waals surface area contributed by atoms with E-state index in [1.807, 2.05) is 29.6 Å². The number of ether oxygens (including phenoxy) is 1. The van der Waals surface area contributed by atoms with E-state index >= 15 is 0 Å². The van der Waals surface area contributed by atoms with Gasteiger partial charge in [0.05, 0.1) is 0 Å². The maximum Gasteiger partial charge on any atom is 0.139 e. The van der Waals surface area contributed by atoms with Gasteiger partial charge in [-0.25, -0.2) is 0 Å². The lowest BCUT2D eigenvalue weighted by atomic mass is 9.75. The van der Waals surface area contributed by atoms with E-state index in [1.54, 1.807) is 0 Å². The van der Waals surface area contributed by atoms with Gasteiger partial charge in [-0.2, -0.15) is 0 Å². The van der Waals surface area contributed by atoms with Crippen LogP contribution in [0.4, 0.5) is 17.1 Å². The van der Waals surface area contributed by atoms with E-state index in [2.05, 4.69) is 176 Å². The van der Waals surface area contributed by atoms with Crippen LogP contribution >= 0.6 is 23.5 Å². The minimum atomic E-state index is -0.155. The highest BCUT2D eigenvalue weighted by Crippen LogP contribution is 2.53. The number of hydrogen-bond acceptors (Lipinski definition) is 4. The molecule has 7 aromatic rings. The summed E-state index contributed by atoms with van der Waals surface area (Å²) in [5.41, 5.74) is 10.3. The molecule has 49 heavy (non-hydrogen) atoms. The molecule has 2 nitrogen and oxygen atoms in total. The first-order chi connectivity index (χ1) is 24.0. The standard InChI is InChI=1S/C45H33NOS2/c1-45(2)37-16-6-7-18-39(37)47-43-35(14-10-17-38(43)45)30-22-26-33(27-23-30)46(32-12-4-3-5-13-32)34-28-24-31(25-29-34)36-15-11-21-42-44(36)49-41-20-9-8-19-40(41)48-42/h3-29H,1-2H3. The molecule has 0 aromatic heterocycles. The Morgan fingerprint density at radius 3 is 1.71 bits per heavy atom. The van der Waals surface area contributed by atoms with Crippen molar-refractivity contribution < 1.29 is 4.74 Å². The normalized spacial score (nSPS) is 13.7. The van der Waals surface area contributed by atoms with E-state index in [0.29, 0.717) is 0 Å². The van der Waals surface area contributed by atoms with Gasteiger partial charge in [-0.05, 0) is 77.4 Å². The lowest BCUT2D eigenvalue weighted by Crippen LogP contribution is -2.24. The summed E-state index contributed by atoms with van der Waals surface area (Å²) in [5, 5.41) is 0. The molecule has 2 aliphatic heterocycles. The molecule has 7 aromatic carbocycles. The lowest BCUT2D eigenvalue weighted by molar-refractivity contribution is 0.419. The molecule has 2 heterocycles. The Bertz CT molecular complexity index is 2330. The summed E-state index contributed by atoms with van der Waals surface area (Å²) in [4.78, 5) is 7.61. The van der Waals surface area contributed by atoms with E-state index in [0.717, 1.165) is 39.7 Å². The van der Waals surface area contributed by atoms with Crippen molar-refractivity contribution in [2.75, 3.05) is 4.90 Å². The summed E-state index contributed by atoms with van der Waals surface area (Å²) >= 11 is 3.73. The Kier molecular flexibility index (Phi) is 7.37. The zero-order valence-corrected chi connectivity index (χ0v) is 28.9. The topological polar surface area (TPSA) is 12.5 Å². The van der Waals surface area contributed by atoms with Crippen molar-refractivity contribution in [1.29, 1.82) is 0 Å². The molecule has 2 aliphatic rings. The molecular weight excluding hydrogens is 635 g/mol. The molecule has 0 fully saturated rings. The van der Waals surface area contributed by atoms with Crippen LogP contribution in [0.2, 0.25) is 0 Å². The third-order valence-corrected chi connectivity index (χ3v) is 12.2. The van der Waals surface area contributed by atoms with Crippen molar-refractivity contribution in [2.24, 2.45) is 0 Å². The molecule has 0 saturated carbocycles. The summed E-state index contributed by atoms with van der Waals surface area (Å²) in [6.45, 7) is 4.57. The molecule has 0 spiro atoms. The summed E-state index contributed by atoms with van der Waals surface area (Å²) in [7, 11) is 0. The minimum Gasteiger partial charge on any atom is -0.456 e. The third kappa shape index (κ3) is 5.23. The second kappa shape index (κ2) is 12.1. The molecule has 0 atom stereocenters. The van der Waals surface area contributed by atoms with Crippen molar-refractivity contribution in [3.63, 3.8) is 0 Å². The monoisotopic (exact) mass is 667 g/mol. The maximum atomic E-state index is 6.60. The van der Waals surface area contributed by atoms with E-state index in [1.165, 1.54) is 41.8 Å². The average Bonchev–Trinajstić information content (AvgIpc) is 3.15. The van der Waals surface area contributed by atoms with Crippen molar-refractivity contribution in [3.8, 4) is 33.8 Å². The van der Waals surface area contributed by atoms with Gasteiger partial charge in [0.25, 0.3) is 0 Å². The Labute approximate surface area is 296 Å². The molecule has 0 saturated heterocycles. The van der Waals surface area contributed by atoms with E-state index in [-0.39, 0.29) is 5.41 Å². The molecule has 0 aliphatic carbocycles. The van der Waals surface area contributed by atoms with Gasteiger partial charge in [0.15, 0.2) is 0 Å². The quantitative estimate of drug-likeness (QED) is 0.181. The summed E-state index contributed by atoms with van der Waals surface area (Å²) in [6.07, 6.45) is 0. The number of para-hydroxylation sites is 3. The Balaban J connectivity index is 1.06. The van der Waals surface area contributed by atoms with Crippen molar-refractivity contribution in [1.82, 2.24) is 0 Å². The number of hydrogen-bond donors (Lipinski definition) is 0. The zero-order valence-electron chi connectivity index (χ0n) is 27.3. The first-order valence-electron chi connectivity index (χ1n) is 16.6. The second-order valence-electron chi connectivity index (χ2n) is 13.0. The lowest BCUT2D eigenvalue weighted by Gasteiger charge is -2.35. The van der Waals surface area contributed by atoms with Gasteiger partial charge in [0, 0.05) is 58.7 Å².